The lowest BCUT2D eigenvalue weighted by Crippen LogP contribution is -2.10. The topological polar surface area (TPSA) is 55.1 Å². The molecule has 4 nitrogen and oxygen atoms in total. The Balaban J connectivity index is 1.48. The molecule has 0 aliphatic carbocycles. The molecule has 4 rings (SSSR count). The average molecular weight is 403 g/mol. The molecule has 0 bridgehead atoms. The first-order valence-electron chi connectivity index (χ1n) is 7.77. The molecule has 2 aromatic carbocycles. The van der Waals surface area contributed by atoms with Gasteiger partial charge in [0.05, 0.1) is 0 Å². The van der Waals surface area contributed by atoms with Gasteiger partial charge in [-0.1, -0.05) is 47.5 Å². The molecule has 0 aliphatic heterocycles. The van der Waals surface area contributed by atoms with Crippen LogP contribution >= 0.6 is 34.5 Å². The van der Waals surface area contributed by atoms with Crippen molar-refractivity contribution in [2.24, 2.45) is 0 Å². The zero-order valence-electron chi connectivity index (χ0n) is 13.3. The fourth-order valence-electron chi connectivity index (χ4n) is 2.55. The number of nitrogens with one attached hydrogen (secondary N) is 1. The molecular formula is C19H12Cl2N2O2S. The van der Waals surface area contributed by atoms with Gasteiger partial charge in [0.2, 0.25) is 0 Å². The Labute approximate surface area is 163 Å². The van der Waals surface area contributed by atoms with Crippen molar-refractivity contribution in [2.75, 3.05) is 5.32 Å². The summed E-state index contributed by atoms with van der Waals surface area (Å²) in [7, 11) is 0. The van der Waals surface area contributed by atoms with Crippen LogP contribution in [0.3, 0.4) is 0 Å². The Morgan fingerprint density at radius 2 is 2.00 bits per heavy atom. The van der Waals surface area contributed by atoms with Gasteiger partial charge in [-0.05, 0) is 29.8 Å². The fraction of sp³-hybridized carbons (Fsp3) is 0.0526. The average Bonchev–Trinajstić information content (AvgIpc) is 3.24. The van der Waals surface area contributed by atoms with E-state index in [4.69, 9.17) is 27.6 Å². The third-order valence-corrected chi connectivity index (χ3v) is 5.30. The number of thiazole rings is 1. The van der Waals surface area contributed by atoms with E-state index >= 15 is 0 Å². The molecular weight excluding hydrogens is 391 g/mol. The quantitative estimate of drug-likeness (QED) is 0.452. The Morgan fingerprint density at radius 3 is 2.81 bits per heavy atom. The highest BCUT2D eigenvalue weighted by atomic mass is 35.5. The van der Waals surface area contributed by atoms with Gasteiger partial charge in [-0.25, -0.2) is 4.98 Å². The maximum atomic E-state index is 12.4. The second-order valence-electron chi connectivity index (χ2n) is 5.65. The van der Waals surface area contributed by atoms with Crippen LogP contribution in [-0.4, -0.2) is 10.9 Å². The molecule has 26 heavy (non-hydrogen) atoms. The summed E-state index contributed by atoms with van der Waals surface area (Å²) in [6.07, 6.45) is 2.35. The Morgan fingerprint density at radius 1 is 1.15 bits per heavy atom. The second-order valence-corrected chi connectivity index (χ2v) is 7.61. The fourth-order valence-corrected chi connectivity index (χ4v) is 3.86. The molecule has 2 aromatic heterocycles. The summed E-state index contributed by atoms with van der Waals surface area (Å²) in [5, 5.41) is 5.37. The van der Waals surface area contributed by atoms with Gasteiger partial charge in [0.25, 0.3) is 5.91 Å². The molecule has 0 aliphatic rings. The highest BCUT2D eigenvalue weighted by Crippen LogP contribution is 2.27. The summed E-state index contributed by atoms with van der Waals surface area (Å²) in [4.78, 5) is 17.6. The van der Waals surface area contributed by atoms with Gasteiger partial charge in [0, 0.05) is 32.9 Å². The van der Waals surface area contributed by atoms with E-state index < -0.39 is 0 Å². The van der Waals surface area contributed by atoms with Crippen molar-refractivity contribution in [1.29, 1.82) is 0 Å². The summed E-state index contributed by atoms with van der Waals surface area (Å²) in [6.45, 7) is 0. The number of fused-ring (bicyclic) bond motifs is 1. The van der Waals surface area contributed by atoms with E-state index in [1.54, 1.807) is 24.4 Å². The first-order chi connectivity index (χ1) is 12.6. The number of carbonyl (C=O) groups is 1. The molecule has 0 radical (unpaired) electrons. The van der Waals surface area contributed by atoms with Crippen molar-refractivity contribution in [1.82, 2.24) is 4.98 Å². The van der Waals surface area contributed by atoms with Crippen LogP contribution in [-0.2, 0) is 6.42 Å². The number of furan rings is 1. The van der Waals surface area contributed by atoms with E-state index in [9.17, 15) is 4.79 Å². The molecule has 0 unspecified atom stereocenters. The lowest BCUT2D eigenvalue weighted by molar-refractivity contribution is 0.0998. The molecule has 0 saturated carbocycles. The maximum Gasteiger partial charge on any atom is 0.293 e. The number of benzene rings is 2. The third kappa shape index (κ3) is 3.60. The van der Waals surface area contributed by atoms with Crippen LogP contribution < -0.4 is 5.32 Å². The molecule has 0 spiro atoms. The number of hydrogen-bond donors (Lipinski definition) is 1. The summed E-state index contributed by atoms with van der Waals surface area (Å²) in [5.41, 5.74) is 1.63. The lowest BCUT2D eigenvalue weighted by atomic mass is 10.1. The minimum atomic E-state index is -0.327. The van der Waals surface area contributed by atoms with Gasteiger partial charge in [0.1, 0.15) is 5.58 Å². The Hall–Kier alpha value is -2.34. The Kier molecular flexibility index (Phi) is 4.68. The van der Waals surface area contributed by atoms with Crippen LogP contribution in [0.15, 0.2) is 59.1 Å². The lowest BCUT2D eigenvalue weighted by Gasteiger charge is -2.02. The summed E-state index contributed by atoms with van der Waals surface area (Å²) in [6, 6.07) is 14.6. The first-order valence-corrected chi connectivity index (χ1v) is 9.34. The molecule has 0 fully saturated rings. The van der Waals surface area contributed by atoms with Crippen molar-refractivity contribution < 1.29 is 9.21 Å². The maximum absolute atomic E-state index is 12.4. The van der Waals surface area contributed by atoms with Crippen LogP contribution in [0.1, 0.15) is 21.0 Å². The monoisotopic (exact) mass is 402 g/mol. The van der Waals surface area contributed by atoms with Crippen molar-refractivity contribution in [3.8, 4) is 0 Å². The SMILES string of the molecule is O=C(Nc1ncc(Cc2ccc(Cl)cc2Cl)s1)c1cc2ccccc2o1. The summed E-state index contributed by atoms with van der Waals surface area (Å²) >= 11 is 13.5. The molecule has 2 heterocycles. The minimum Gasteiger partial charge on any atom is -0.451 e. The summed E-state index contributed by atoms with van der Waals surface area (Å²) in [5.74, 6) is -0.0738. The van der Waals surface area contributed by atoms with E-state index in [1.807, 2.05) is 30.3 Å². The number of anilines is 1. The minimum absolute atomic E-state index is 0.253. The molecule has 4 aromatic rings. The normalized spacial score (nSPS) is 11.0. The molecule has 0 atom stereocenters. The third-order valence-electron chi connectivity index (χ3n) is 3.80. The van der Waals surface area contributed by atoms with E-state index in [-0.39, 0.29) is 11.7 Å². The van der Waals surface area contributed by atoms with Gasteiger partial charge in [-0.2, -0.15) is 0 Å². The number of halogens is 2. The van der Waals surface area contributed by atoms with E-state index in [2.05, 4.69) is 10.3 Å². The molecule has 1 amide bonds. The van der Waals surface area contributed by atoms with Crippen LogP contribution in [0.4, 0.5) is 5.13 Å². The zero-order valence-corrected chi connectivity index (χ0v) is 15.7. The number of carbonyl (C=O) groups excluding carboxylic acids is 1. The van der Waals surface area contributed by atoms with Gasteiger partial charge >= 0.3 is 0 Å². The number of nitrogens with zero attached hydrogens (tertiary/aromatic N) is 1. The van der Waals surface area contributed by atoms with Gasteiger partial charge < -0.3 is 4.42 Å². The molecule has 1 N–H and O–H groups in total. The van der Waals surface area contributed by atoms with E-state index in [0.717, 1.165) is 15.8 Å². The van der Waals surface area contributed by atoms with Gasteiger partial charge in [0.15, 0.2) is 10.9 Å². The predicted octanol–water partition coefficient (Wildman–Crippen LogP) is 6.04. The van der Waals surface area contributed by atoms with Crippen LogP contribution in [0, 0.1) is 0 Å². The Bertz CT molecular complexity index is 1070. The largest absolute Gasteiger partial charge is 0.451 e. The van der Waals surface area contributed by atoms with E-state index in [0.29, 0.717) is 27.2 Å². The highest BCUT2D eigenvalue weighted by molar-refractivity contribution is 7.15. The number of hydrogen-bond acceptors (Lipinski definition) is 4. The van der Waals surface area contributed by atoms with Crippen molar-refractivity contribution >= 4 is 56.5 Å². The van der Waals surface area contributed by atoms with Gasteiger partial charge in [-0.3, -0.25) is 10.1 Å². The number of amides is 1. The van der Waals surface area contributed by atoms with Crippen molar-refractivity contribution in [3.05, 3.63) is 81.0 Å². The van der Waals surface area contributed by atoms with E-state index in [1.165, 1.54) is 11.3 Å². The van der Waals surface area contributed by atoms with Crippen LogP contribution in [0.5, 0.6) is 0 Å². The standard InChI is InChI=1S/C19H12Cl2N2O2S/c20-13-6-5-11(15(21)9-13)7-14-10-22-19(26-14)23-18(24)17-8-12-3-1-2-4-16(12)25-17/h1-6,8-10H,7H2,(H,22,23,24). The second kappa shape index (κ2) is 7.11. The van der Waals surface area contributed by atoms with Gasteiger partial charge in [-0.15, -0.1) is 11.3 Å². The highest BCUT2D eigenvalue weighted by Gasteiger charge is 2.14. The smallest absolute Gasteiger partial charge is 0.293 e. The number of rotatable bonds is 4. The number of aromatic nitrogens is 1. The number of para-hydroxylation sites is 1. The van der Waals surface area contributed by atoms with Crippen molar-refractivity contribution in [2.45, 2.75) is 6.42 Å². The molecule has 7 heteroatoms. The van der Waals surface area contributed by atoms with Crippen LogP contribution in [0.2, 0.25) is 10.0 Å². The van der Waals surface area contributed by atoms with Crippen LogP contribution in [0.25, 0.3) is 11.0 Å². The van der Waals surface area contributed by atoms with Crippen molar-refractivity contribution in [3.63, 3.8) is 0 Å². The summed E-state index contributed by atoms with van der Waals surface area (Å²) < 4.78 is 5.57. The molecule has 0 saturated heterocycles. The predicted molar refractivity (Wildman–Crippen MR) is 106 cm³/mol. The first kappa shape index (κ1) is 17.1. The zero-order chi connectivity index (χ0) is 18.1. The molecule has 130 valence electrons.